The van der Waals surface area contributed by atoms with E-state index in [-0.39, 0.29) is 18.0 Å². The molecule has 2 fully saturated rings. The fourth-order valence-corrected chi connectivity index (χ4v) is 4.18. The maximum absolute atomic E-state index is 12.5. The van der Waals surface area contributed by atoms with E-state index in [1.54, 1.807) is 11.3 Å². The molecule has 30 heavy (non-hydrogen) atoms. The number of rotatable bonds is 3. The van der Waals surface area contributed by atoms with Crippen LogP contribution in [-0.2, 0) is 16.1 Å². The van der Waals surface area contributed by atoms with Gasteiger partial charge in [0.25, 0.3) is 0 Å². The van der Waals surface area contributed by atoms with Crippen LogP contribution in [0.1, 0.15) is 29.1 Å². The summed E-state index contributed by atoms with van der Waals surface area (Å²) in [6.07, 6.45) is 0.103. The van der Waals surface area contributed by atoms with Gasteiger partial charge in [0, 0.05) is 30.7 Å². The van der Waals surface area contributed by atoms with Gasteiger partial charge < -0.3 is 14.9 Å². The average molecular weight is 443 g/mol. The Bertz CT molecular complexity index is 919. The number of hydrogen-bond acceptors (Lipinski definition) is 7. The number of likely N-dealkylation sites (tertiary alicyclic amines) is 1. The fourth-order valence-electron chi connectivity index (χ4n) is 3.57. The molecule has 2 aliphatic heterocycles. The van der Waals surface area contributed by atoms with Crippen LogP contribution in [0.25, 0.3) is 0 Å². The normalized spacial score (nSPS) is 20.8. The van der Waals surface area contributed by atoms with E-state index in [2.05, 4.69) is 19.9 Å². The van der Waals surface area contributed by atoms with Crippen LogP contribution < -0.4 is 4.90 Å². The van der Waals surface area contributed by atoms with Crippen LogP contribution in [-0.4, -0.2) is 61.6 Å². The van der Waals surface area contributed by atoms with Crippen molar-refractivity contribution in [1.82, 2.24) is 19.9 Å². The van der Waals surface area contributed by atoms with Crippen LogP contribution in [0.2, 0.25) is 0 Å². The summed E-state index contributed by atoms with van der Waals surface area (Å²) in [5.74, 6) is -1.81. The number of alkyl halides is 3. The summed E-state index contributed by atoms with van der Waals surface area (Å²) in [6.45, 7) is 5.49. The van der Waals surface area contributed by atoms with Crippen LogP contribution in [0.4, 0.5) is 19.1 Å². The Hall–Kier alpha value is -2.76. The number of halogens is 3. The number of amides is 1. The number of carbonyl (C=O) groups is 2. The monoisotopic (exact) mass is 443 g/mol. The molecule has 8 nitrogen and oxygen atoms in total. The molecule has 4 rings (SSSR count). The predicted molar refractivity (Wildman–Crippen MR) is 102 cm³/mol. The SMILES string of the molecule is Cc1cnc(N2CCC3C2CC(=O)N3Cc2csc(C)n2)nc1.O=C(O)C(F)(F)F. The van der Waals surface area contributed by atoms with Gasteiger partial charge in [0.05, 0.1) is 29.3 Å². The average Bonchev–Trinajstić information content (AvgIpc) is 3.33. The van der Waals surface area contributed by atoms with Crippen molar-refractivity contribution in [3.8, 4) is 0 Å². The Morgan fingerprint density at radius 3 is 2.43 bits per heavy atom. The van der Waals surface area contributed by atoms with Crippen molar-refractivity contribution < 1.29 is 27.9 Å². The third kappa shape index (κ3) is 4.86. The van der Waals surface area contributed by atoms with Gasteiger partial charge in [-0.25, -0.2) is 19.7 Å². The number of fused-ring (bicyclic) bond motifs is 1. The third-order valence-corrected chi connectivity index (χ3v) is 5.70. The molecule has 4 heterocycles. The lowest BCUT2D eigenvalue weighted by atomic mass is 10.1. The first-order valence-corrected chi connectivity index (χ1v) is 10.00. The molecule has 1 N–H and O–H groups in total. The van der Waals surface area contributed by atoms with Gasteiger partial charge in [-0.2, -0.15) is 13.2 Å². The molecular weight excluding hydrogens is 423 g/mol. The van der Waals surface area contributed by atoms with Gasteiger partial charge >= 0.3 is 12.1 Å². The van der Waals surface area contributed by atoms with Crippen molar-refractivity contribution in [2.45, 2.75) is 51.5 Å². The van der Waals surface area contributed by atoms with E-state index in [4.69, 9.17) is 9.90 Å². The quantitative estimate of drug-likeness (QED) is 0.778. The molecule has 2 aliphatic rings. The standard InChI is InChI=1S/C16H19N5OS.C2HF3O2/c1-10-6-17-16(18-7-10)20-4-3-13-14(20)5-15(22)21(13)8-12-9-23-11(2)19-12;3-2(4,5)1(6)7/h6-7,9,13-14H,3-5,8H2,1-2H3;(H,6,7). The number of nitrogens with zero attached hydrogens (tertiary/aromatic N) is 5. The Morgan fingerprint density at radius 2 is 1.90 bits per heavy atom. The van der Waals surface area contributed by atoms with Gasteiger partial charge in [-0.3, -0.25) is 4.79 Å². The number of carboxylic acid groups (broad SMARTS) is 1. The van der Waals surface area contributed by atoms with E-state index in [1.807, 2.05) is 36.5 Å². The molecule has 0 radical (unpaired) electrons. The molecule has 0 spiro atoms. The molecular formula is C18H20F3N5O3S. The number of aryl methyl sites for hydroxylation is 2. The van der Waals surface area contributed by atoms with Gasteiger partial charge in [-0.15, -0.1) is 11.3 Å². The third-order valence-electron chi connectivity index (χ3n) is 4.88. The maximum atomic E-state index is 12.5. The summed E-state index contributed by atoms with van der Waals surface area (Å²) in [7, 11) is 0. The van der Waals surface area contributed by atoms with E-state index < -0.39 is 12.1 Å². The Kier molecular flexibility index (Phi) is 6.25. The molecule has 2 aromatic heterocycles. The topological polar surface area (TPSA) is 99.5 Å². The van der Waals surface area contributed by atoms with E-state index in [0.29, 0.717) is 13.0 Å². The molecule has 0 aliphatic carbocycles. The molecule has 2 saturated heterocycles. The zero-order valence-electron chi connectivity index (χ0n) is 16.3. The van der Waals surface area contributed by atoms with Crippen LogP contribution in [0.5, 0.6) is 0 Å². The van der Waals surface area contributed by atoms with Crippen LogP contribution in [0.3, 0.4) is 0 Å². The summed E-state index contributed by atoms with van der Waals surface area (Å²) in [4.78, 5) is 38.9. The number of hydrogen-bond donors (Lipinski definition) is 1. The van der Waals surface area contributed by atoms with Crippen molar-refractivity contribution in [3.63, 3.8) is 0 Å². The smallest absolute Gasteiger partial charge is 0.475 e. The summed E-state index contributed by atoms with van der Waals surface area (Å²) in [5, 5.41) is 10.2. The minimum atomic E-state index is -5.08. The highest BCUT2D eigenvalue weighted by molar-refractivity contribution is 7.09. The number of thiazole rings is 1. The van der Waals surface area contributed by atoms with Crippen molar-refractivity contribution in [3.05, 3.63) is 34.0 Å². The summed E-state index contributed by atoms with van der Waals surface area (Å²) >= 11 is 1.63. The van der Waals surface area contributed by atoms with Crippen LogP contribution >= 0.6 is 11.3 Å². The molecule has 0 aromatic carbocycles. The van der Waals surface area contributed by atoms with Crippen molar-refractivity contribution in [2.75, 3.05) is 11.4 Å². The molecule has 162 valence electrons. The van der Waals surface area contributed by atoms with Gasteiger partial charge in [0.1, 0.15) is 0 Å². The summed E-state index contributed by atoms with van der Waals surface area (Å²) in [6, 6.07) is 0.430. The Balaban J connectivity index is 0.000000318. The Morgan fingerprint density at radius 1 is 1.27 bits per heavy atom. The van der Waals surface area contributed by atoms with Crippen LogP contribution in [0.15, 0.2) is 17.8 Å². The minimum absolute atomic E-state index is 0.185. The second kappa shape index (κ2) is 8.54. The van der Waals surface area contributed by atoms with Crippen molar-refractivity contribution in [1.29, 1.82) is 0 Å². The van der Waals surface area contributed by atoms with Crippen LogP contribution in [0, 0.1) is 13.8 Å². The fraction of sp³-hybridized carbons (Fsp3) is 0.500. The van der Waals surface area contributed by atoms with Gasteiger partial charge in [0.15, 0.2) is 0 Å². The molecule has 12 heteroatoms. The lowest BCUT2D eigenvalue weighted by Gasteiger charge is -2.25. The highest BCUT2D eigenvalue weighted by Gasteiger charge is 2.47. The second-order valence-electron chi connectivity index (χ2n) is 7.06. The number of aliphatic carboxylic acids is 1. The van der Waals surface area contributed by atoms with Gasteiger partial charge in [-0.05, 0) is 25.8 Å². The van der Waals surface area contributed by atoms with Gasteiger partial charge in [-0.1, -0.05) is 0 Å². The number of carbonyl (C=O) groups excluding carboxylic acids is 1. The summed E-state index contributed by atoms with van der Waals surface area (Å²) < 4.78 is 31.7. The lowest BCUT2D eigenvalue weighted by molar-refractivity contribution is -0.192. The molecule has 1 amide bonds. The summed E-state index contributed by atoms with van der Waals surface area (Å²) in [5.41, 5.74) is 2.04. The highest BCUT2D eigenvalue weighted by Crippen LogP contribution is 2.35. The van der Waals surface area contributed by atoms with E-state index in [1.165, 1.54) is 0 Å². The van der Waals surface area contributed by atoms with Crippen molar-refractivity contribution >= 4 is 29.2 Å². The van der Waals surface area contributed by atoms with E-state index in [9.17, 15) is 18.0 Å². The number of anilines is 1. The highest BCUT2D eigenvalue weighted by atomic mass is 32.1. The van der Waals surface area contributed by atoms with E-state index in [0.717, 1.165) is 35.2 Å². The lowest BCUT2D eigenvalue weighted by Crippen LogP contribution is -2.37. The van der Waals surface area contributed by atoms with E-state index >= 15 is 0 Å². The molecule has 2 aromatic rings. The first kappa shape index (κ1) is 21.9. The molecule has 2 atom stereocenters. The molecule has 0 saturated carbocycles. The number of carboxylic acids is 1. The zero-order valence-corrected chi connectivity index (χ0v) is 17.1. The van der Waals surface area contributed by atoms with Crippen molar-refractivity contribution in [2.24, 2.45) is 0 Å². The zero-order chi connectivity index (χ0) is 22.1. The Labute approximate surface area is 174 Å². The first-order valence-electron chi connectivity index (χ1n) is 9.12. The molecule has 0 bridgehead atoms. The van der Waals surface area contributed by atoms with Gasteiger partial charge in [0.2, 0.25) is 11.9 Å². The largest absolute Gasteiger partial charge is 0.490 e. The minimum Gasteiger partial charge on any atom is -0.475 e. The molecule has 2 unspecified atom stereocenters. The number of aromatic nitrogens is 3. The predicted octanol–water partition coefficient (Wildman–Crippen LogP) is 2.56. The maximum Gasteiger partial charge on any atom is 0.490 e. The second-order valence-corrected chi connectivity index (χ2v) is 8.13. The first-order chi connectivity index (χ1) is 14.1.